The molecule has 2 fully saturated rings. The van der Waals surface area contributed by atoms with E-state index in [1.165, 1.54) is 6.07 Å². The fourth-order valence-corrected chi connectivity index (χ4v) is 3.69. The Morgan fingerprint density at radius 2 is 2.21 bits per heavy atom. The maximum atomic E-state index is 14.0. The number of ether oxygens (including phenoxy) is 1. The van der Waals surface area contributed by atoms with Crippen molar-refractivity contribution in [3.63, 3.8) is 0 Å². The van der Waals surface area contributed by atoms with E-state index in [1.54, 1.807) is 29.3 Å². The van der Waals surface area contributed by atoms with Crippen LogP contribution < -0.4 is 10.2 Å². The van der Waals surface area contributed by atoms with Crippen LogP contribution in [0.25, 0.3) is 0 Å². The molecule has 1 saturated carbocycles. The van der Waals surface area contributed by atoms with Gasteiger partial charge in [-0.2, -0.15) is 4.98 Å². The van der Waals surface area contributed by atoms with E-state index in [-0.39, 0.29) is 18.2 Å². The summed E-state index contributed by atoms with van der Waals surface area (Å²) < 4.78 is 19.3. The normalized spacial score (nSPS) is 22.9. The predicted molar refractivity (Wildman–Crippen MR) is 101 cm³/mol. The van der Waals surface area contributed by atoms with Gasteiger partial charge < -0.3 is 15.2 Å². The second kappa shape index (κ2) is 7.01. The smallest absolute Gasteiger partial charge is 0.416 e. The molecule has 1 aliphatic carbocycles. The van der Waals surface area contributed by atoms with Gasteiger partial charge in [0.05, 0.1) is 18.2 Å². The van der Waals surface area contributed by atoms with Gasteiger partial charge in [-0.05, 0) is 50.3 Å². The van der Waals surface area contributed by atoms with Gasteiger partial charge in [0.1, 0.15) is 18.2 Å². The summed E-state index contributed by atoms with van der Waals surface area (Å²) in [6.07, 6.45) is 3.35. The lowest BCUT2D eigenvalue weighted by molar-refractivity contribution is 0.172. The molecule has 1 aromatic heterocycles. The number of cyclic esters (lactones) is 1. The van der Waals surface area contributed by atoms with E-state index < -0.39 is 17.4 Å². The van der Waals surface area contributed by atoms with E-state index in [4.69, 9.17) is 9.84 Å². The standard InChI is InChI=1S/C20H23FN4O3/c1-12(13-3-4-14(10-26)16(21)9-13)23-18-22-8-7-17(24-18)25-19(27)28-11-20(25,2)15-5-6-15/h3-4,7-9,12,15,26H,5-6,10-11H2,1-2H3,(H,22,23,24)/t12-,20?/m0/s1. The Morgan fingerprint density at radius 1 is 1.43 bits per heavy atom. The number of nitrogens with zero attached hydrogens (tertiary/aromatic N) is 3. The highest BCUT2D eigenvalue weighted by atomic mass is 19.1. The molecule has 2 aliphatic rings. The number of aromatic nitrogens is 2. The summed E-state index contributed by atoms with van der Waals surface area (Å²) >= 11 is 0. The van der Waals surface area contributed by atoms with Crippen molar-refractivity contribution in [2.24, 2.45) is 5.92 Å². The van der Waals surface area contributed by atoms with Crippen molar-refractivity contribution >= 4 is 17.9 Å². The van der Waals surface area contributed by atoms with E-state index in [0.29, 0.717) is 29.9 Å². The molecule has 2 aromatic rings. The van der Waals surface area contributed by atoms with E-state index in [9.17, 15) is 9.18 Å². The third-order valence-corrected chi connectivity index (χ3v) is 5.60. The molecule has 0 radical (unpaired) electrons. The van der Waals surface area contributed by atoms with Gasteiger partial charge in [-0.3, -0.25) is 4.90 Å². The number of hydrogen-bond acceptors (Lipinski definition) is 6. The Hall–Kier alpha value is -2.74. The Labute approximate surface area is 162 Å². The third-order valence-electron chi connectivity index (χ3n) is 5.60. The van der Waals surface area contributed by atoms with Crippen molar-refractivity contribution in [2.45, 2.75) is 44.9 Å². The summed E-state index contributed by atoms with van der Waals surface area (Å²) in [6, 6.07) is 6.12. The molecule has 4 rings (SSSR count). The Morgan fingerprint density at radius 3 is 2.89 bits per heavy atom. The van der Waals surface area contributed by atoms with Crippen LogP contribution in [0.5, 0.6) is 0 Å². The van der Waals surface area contributed by atoms with Crippen LogP contribution in [0.4, 0.5) is 21.0 Å². The second-order valence-corrected chi connectivity index (χ2v) is 7.63. The molecule has 2 atom stereocenters. The van der Waals surface area contributed by atoms with Crippen LogP contribution in [-0.4, -0.2) is 33.3 Å². The van der Waals surface area contributed by atoms with Crippen molar-refractivity contribution in [2.75, 3.05) is 16.8 Å². The van der Waals surface area contributed by atoms with Crippen LogP contribution in [0.1, 0.15) is 43.9 Å². The minimum atomic E-state index is -0.455. The lowest BCUT2D eigenvalue weighted by Gasteiger charge is -2.31. The zero-order chi connectivity index (χ0) is 19.9. The largest absolute Gasteiger partial charge is 0.447 e. The van der Waals surface area contributed by atoms with E-state index in [0.717, 1.165) is 12.8 Å². The molecule has 8 heteroatoms. The van der Waals surface area contributed by atoms with Crippen molar-refractivity contribution in [3.05, 3.63) is 47.4 Å². The molecule has 2 heterocycles. The van der Waals surface area contributed by atoms with Gasteiger partial charge in [-0.1, -0.05) is 12.1 Å². The van der Waals surface area contributed by atoms with Gasteiger partial charge in [0.2, 0.25) is 5.95 Å². The number of carbonyl (C=O) groups excluding carboxylic acids is 1. The summed E-state index contributed by atoms with van der Waals surface area (Å²) in [7, 11) is 0. The molecule has 1 aromatic carbocycles. The number of benzene rings is 1. The van der Waals surface area contributed by atoms with Crippen LogP contribution >= 0.6 is 0 Å². The zero-order valence-corrected chi connectivity index (χ0v) is 15.9. The number of nitrogens with one attached hydrogen (secondary N) is 1. The van der Waals surface area contributed by atoms with Crippen LogP contribution in [0, 0.1) is 11.7 Å². The lowest BCUT2D eigenvalue weighted by Crippen LogP contribution is -2.47. The maximum Gasteiger partial charge on any atom is 0.416 e. The first kappa shape index (κ1) is 18.6. The van der Waals surface area contributed by atoms with E-state index in [2.05, 4.69) is 15.3 Å². The second-order valence-electron chi connectivity index (χ2n) is 7.63. The molecule has 148 valence electrons. The van der Waals surface area contributed by atoms with Crippen molar-refractivity contribution in [1.29, 1.82) is 0 Å². The SMILES string of the molecule is C[C@H](Nc1nccc(N2C(=O)OCC2(C)C2CC2)n1)c1ccc(CO)c(F)c1. The van der Waals surface area contributed by atoms with Crippen LogP contribution in [-0.2, 0) is 11.3 Å². The highest BCUT2D eigenvalue weighted by molar-refractivity contribution is 5.90. The van der Waals surface area contributed by atoms with Crippen LogP contribution in [0.2, 0.25) is 0 Å². The van der Waals surface area contributed by atoms with Gasteiger partial charge >= 0.3 is 6.09 Å². The number of hydrogen-bond donors (Lipinski definition) is 2. The van der Waals surface area contributed by atoms with Crippen molar-refractivity contribution in [1.82, 2.24) is 9.97 Å². The van der Waals surface area contributed by atoms with Gasteiger partial charge in [0.15, 0.2) is 0 Å². The zero-order valence-electron chi connectivity index (χ0n) is 15.9. The summed E-state index contributed by atoms with van der Waals surface area (Å²) in [4.78, 5) is 22.7. The van der Waals surface area contributed by atoms with Crippen LogP contribution in [0.3, 0.4) is 0 Å². The van der Waals surface area contributed by atoms with Crippen molar-refractivity contribution in [3.8, 4) is 0 Å². The molecule has 0 bridgehead atoms. The first-order chi connectivity index (χ1) is 13.4. The highest BCUT2D eigenvalue weighted by Gasteiger charge is 2.54. The lowest BCUT2D eigenvalue weighted by atomic mass is 9.96. The minimum absolute atomic E-state index is 0.251. The number of halogens is 1. The van der Waals surface area contributed by atoms with Gasteiger partial charge in [0.25, 0.3) is 0 Å². The number of aliphatic hydroxyl groups is 1. The molecular weight excluding hydrogens is 363 g/mol. The van der Waals surface area contributed by atoms with Gasteiger partial charge in [-0.15, -0.1) is 0 Å². The number of carbonyl (C=O) groups is 1. The molecule has 28 heavy (non-hydrogen) atoms. The first-order valence-corrected chi connectivity index (χ1v) is 9.38. The van der Waals surface area contributed by atoms with Crippen molar-refractivity contribution < 1.29 is 19.0 Å². The number of amides is 1. The Bertz CT molecular complexity index is 905. The predicted octanol–water partition coefficient (Wildman–Crippen LogP) is 3.41. The molecule has 1 unspecified atom stereocenters. The minimum Gasteiger partial charge on any atom is -0.447 e. The maximum absolute atomic E-state index is 14.0. The summed E-state index contributed by atoms with van der Waals surface area (Å²) in [5.74, 6) is 0.790. The quantitative estimate of drug-likeness (QED) is 0.791. The van der Waals surface area contributed by atoms with E-state index in [1.807, 2.05) is 13.8 Å². The number of aliphatic hydroxyl groups excluding tert-OH is 1. The van der Waals surface area contributed by atoms with E-state index >= 15 is 0 Å². The topological polar surface area (TPSA) is 87.6 Å². The molecule has 1 saturated heterocycles. The van der Waals surface area contributed by atoms with Gasteiger partial charge in [0, 0.05) is 11.8 Å². The summed E-state index contributed by atoms with van der Waals surface area (Å²) in [6.45, 7) is 3.90. The molecular formula is C20H23FN4O3. The summed E-state index contributed by atoms with van der Waals surface area (Å²) in [5, 5.41) is 12.3. The molecule has 0 spiro atoms. The average molecular weight is 386 g/mol. The van der Waals surface area contributed by atoms with Crippen LogP contribution in [0.15, 0.2) is 30.5 Å². The molecule has 2 N–H and O–H groups in total. The van der Waals surface area contributed by atoms with Gasteiger partial charge in [-0.25, -0.2) is 14.2 Å². The Balaban J connectivity index is 1.55. The highest BCUT2D eigenvalue weighted by Crippen LogP contribution is 2.47. The number of rotatable bonds is 6. The fraction of sp³-hybridized carbons (Fsp3) is 0.450. The molecule has 7 nitrogen and oxygen atoms in total. The molecule has 1 amide bonds. The summed E-state index contributed by atoms with van der Waals surface area (Å²) in [5.41, 5.74) is 0.561. The average Bonchev–Trinajstić information content (AvgIpc) is 3.48. The Kier molecular flexibility index (Phi) is 4.66. The monoisotopic (exact) mass is 386 g/mol. The third kappa shape index (κ3) is 3.28. The first-order valence-electron chi connectivity index (χ1n) is 9.38. The number of anilines is 2. The molecule has 1 aliphatic heterocycles. The fourth-order valence-electron chi connectivity index (χ4n) is 3.69.